The van der Waals surface area contributed by atoms with Crippen LogP contribution in [0.15, 0.2) is 23.4 Å². The van der Waals surface area contributed by atoms with Gasteiger partial charge >= 0.3 is 6.09 Å². The van der Waals surface area contributed by atoms with E-state index < -0.39 is 41.3 Å². The summed E-state index contributed by atoms with van der Waals surface area (Å²) in [5.74, 6) is -2.00. The number of thioether (sulfide) groups is 1. The van der Waals surface area contributed by atoms with Crippen LogP contribution in [0, 0.1) is 11.6 Å². The van der Waals surface area contributed by atoms with Gasteiger partial charge in [-0.1, -0.05) is 30.0 Å². The van der Waals surface area contributed by atoms with Crippen LogP contribution in [0.3, 0.4) is 0 Å². The Morgan fingerprint density at radius 1 is 1.04 bits per heavy atom. The summed E-state index contributed by atoms with van der Waals surface area (Å²) >= 11 is 1.46. The maximum atomic E-state index is 14.3. The minimum atomic E-state index is -0.942. The zero-order valence-electron chi connectivity index (χ0n) is 30.2. The van der Waals surface area contributed by atoms with Gasteiger partial charge in [0.25, 0.3) is 0 Å². The summed E-state index contributed by atoms with van der Waals surface area (Å²) in [5, 5.41) is 9.60. The Morgan fingerprint density at radius 3 is 2.46 bits per heavy atom. The van der Waals surface area contributed by atoms with Crippen LogP contribution in [-0.4, -0.2) is 91.4 Å². The van der Waals surface area contributed by atoms with Gasteiger partial charge in [0.1, 0.15) is 17.8 Å². The lowest BCUT2D eigenvalue weighted by Crippen LogP contribution is -2.39. The van der Waals surface area contributed by atoms with Crippen LogP contribution in [-0.2, 0) is 23.7 Å². The van der Waals surface area contributed by atoms with Gasteiger partial charge in [0, 0.05) is 24.1 Å². The third-order valence-corrected chi connectivity index (χ3v) is 9.70. The Labute approximate surface area is 295 Å². The highest BCUT2D eigenvalue weighted by atomic mass is 32.2. The summed E-state index contributed by atoms with van der Waals surface area (Å²) in [5.41, 5.74) is 0.219. The molecule has 1 saturated heterocycles. The lowest BCUT2D eigenvalue weighted by atomic mass is 10.1. The van der Waals surface area contributed by atoms with Crippen molar-refractivity contribution in [1.82, 2.24) is 25.0 Å². The fraction of sp³-hybridized carbons (Fsp3) is 0.686. The van der Waals surface area contributed by atoms with E-state index >= 15 is 0 Å². The Balaban J connectivity index is 1.38. The van der Waals surface area contributed by atoms with E-state index in [9.17, 15) is 13.6 Å². The van der Waals surface area contributed by atoms with Crippen molar-refractivity contribution in [3.63, 3.8) is 0 Å². The number of carbonyl (C=O) groups is 1. The number of carbonyl (C=O) groups excluding carboxylic acids is 1. The third-order valence-electron chi connectivity index (χ3n) is 8.65. The van der Waals surface area contributed by atoms with E-state index in [1.165, 1.54) is 22.7 Å². The molecule has 12 nitrogen and oxygen atoms in total. The number of rotatable bonds is 11. The highest BCUT2D eigenvalue weighted by Crippen LogP contribution is 2.49. The largest absolute Gasteiger partial charge is 0.443 e. The molecule has 6 rings (SSSR count). The minimum Gasteiger partial charge on any atom is -0.443 e. The molecule has 50 heavy (non-hydrogen) atoms. The fourth-order valence-electron chi connectivity index (χ4n) is 6.56. The first-order valence-electron chi connectivity index (χ1n) is 17.3. The number of hydrogen-bond acceptors (Lipinski definition) is 11. The average molecular weight is 719 g/mol. The van der Waals surface area contributed by atoms with Crippen molar-refractivity contribution in [3.05, 3.63) is 35.4 Å². The van der Waals surface area contributed by atoms with Gasteiger partial charge in [-0.3, -0.25) is 4.90 Å². The van der Waals surface area contributed by atoms with Gasteiger partial charge in [0.05, 0.1) is 31.0 Å². The van der Waals surface area contributed by atoms with Crippen molar-refractivity contribution in [2.45, 2.75) is 140 Å². The number of benzene rings is 1. The van der Waals surface area contributed by atoms with Gasteiger partial charge in [0.2, 0.25) is 0 Å². The predicted molar refractivity (Wildman–Crippen MR) is 183 cm³/mol. The molecule has 0 N–H and O–H groups in total. The zero-order valence-corrected chi connectivity index (χ0v) is 31.1. The molecule has 3 heterocycles. The number of aromatic nitrogens is 5. The molecule has 3 fully saturated rings. The molecule has 2 aliphatic carbocycles. The maximum absolute atomic E-state index is 14.3. The Kier molecular flexibility index (Phi) is 10.2. The first-order chi connectivity index (χ1) is 23.4. The Morgan fingerprint density at radius 2 is 1.78 bits per heavy atom. The molecule has 2 saturated carbocycles. The molecule has 6 atom stereocenters. The molecule has 3 aliphatic rings. The second kappa shape index (κ2) is 13.9. The second-order valence-electron chi connectivity index (χ2n) is 15.6. The van der Waals surface area contributed by atoms with Gasteiger partial charge in [-0.15, -0.1) is 5.10 Å². The molecule has 1 aromatic carbocycles. The highest BCUT2D eigenvalue weighted by molar-refractivity contribution is 7.99. The molecule has 0 radical (unpaired) electrons. The molecule has 2 aromatic heterocycles. The summed E-state index contributed by atoms with van der Waals surface area (Å²) in [4.78, 5) is 25.3. The van der Waals surface area contributed by atoms with E-state index in [0.717, 1.165) is 18.2 Å². The average Bonchev–Trinajstić information content (AvgIpc) is 3.39. The summed E-state index contributed by atoms with van der Waals surface area (Å²) in [7, 11) is 0. The molecule has 0 bridgehead atoms. The standard InChI is InChI=1S/C35H48F2N6O6S/c1-10-15-50-31-38-29(42(32(44)49-34(5,6)7)23-17-20(23)19-11-12-21(36)22(37)16-19)26-30(39-31)43(41-40-26)24-18-25(45-13-14-46-33(2,3)4)28-27(24)47-35(8,9)48-28/h11-12,16,20,23-25,27-28H,10,13-15,17-18H2,1-9H3/t20-,23-,24+,25-,27-,28+/m0/s1. The van der Waals surface area contributed by atoms with Crippen LogP contribution in [0.5, 0.6) is 0 Å². The molecule has 3 aromatic rings. The van der Waals surface area contributed by atoms with E-state index in [1.807, 2.05) is 34.6 Å². The summed E-state index contributed by atoms with van der Waals surface area (Å²) < 4.78 is 60.7. The van der Waals surface area contributed by atoms with Crippen molar-refractivity contribution in [2.24, 2.45) is 0 Å². The highest BCUT2D eigenvalue weighted by Gasteiger charge is 2.56. The number of halogens is 2. The number of fused-ring (bicyclic) bond motifs is 2. The molecule has 0 unspecified atom stereocenters. The van der Waals surface area contributed by atoms with Crippen molar-refractivity contribution in [2.75, 3.05) is 23.9 Å². The van der Waals surface area contributed by atoms with Crippen LogP contribution >= 0.6 is 11.8 Å². The molecule has 0 spiro atoms. The Bertz CT molecular complexity index is 1710. The summed E-state index contributed by atoms with van der Waals surface area (Å²) in [6, 6.07) is 3.03. The smallest absolute Gasteiger partial charge is 0.416 e. The normalized spacial score (nSPS) is 26.0. The van der Waals surface area contributed by atoms with E-state index in [-0.39, 0.29) is 35.6 Å². The molecule has 1 aliphatic heterocycles. The van der Waals surface area contributed by atoms with Crippen LogP contribution in [0.2, 0.25) is 0 Å². The van der Waals surface area contributed by atoms with Crippen molar-refractivity contribution < 1.29 is 37.3 Å². The molecule has 15 heteroatoms. The van der Waals surface area contributed by atoms with Crippen molar-refractivity contribution in [3.8, 4) is 0 Å². The number of amides is 1. The number of anilines is 1. The van der Waals surface area contributed by atoms with Gasteiger partial charge in [0.15, 0.2) is 39.6 Å². The molecule has 1 amide bonds. The zero-order chi connectivity index (χ0) is 36.2. The summed E-state index contributed by atoms with van der Waals surface area (Å²) in [6.07, 6.45) is 0.192. The SMILES string of the molecule is CCCSc1nc(N(C(=O)OC(C)(C)C)[C@H]2C[C@H]2c2ccc(F)c(F)c2)c2nnn([C@@H]3C[C@H](OCCOC(C)(C)C)[C@H]4OC(C)(C)O[C@H]43)c2n1. The van der Waals surface area contributed by atoms with E-state index in [0.29, 0.717) is 47.9 Å². The van der Waals surface area contributed by atoms with Gasteiger partial charge in [-0.25, -0.2) is 28.2 Å². The van der Waals surface area contributed by atoms with Gasteiger partial charge < -0.3 is 23.7 Å². The van der Waals surface area contributed by atoms with Crippen molar-refractivity contribution >= 4 is 34.8 Å². The molecular weight excluding hydrogens is 670 g/mol. The molecular formula is C35H48F2N6O6S. The van der Waals surface area contributed by atoms with Crippen LogP contribution in [0.25, 0.3) is 11.2 Å². The van der Waals surface area contributed by atoms with E-state index in [4.69, 9.17) is 33.7 Å². The van der Waals surface area contributed by atoms with Crippen LogP contribution < -0.4 is 4.90 Å². The van der Waals surface area contributed by atoms with E-state index in [2.05, 4.69) is 17.2 Å². The topological polar surface area (TPSA) is 123 Å². The Hall–Kier alpha value is -2.98. The quantitative estimate of drug-likeness (QED) is 0.116. The first kappa shape index (κ1) is 36.8. The minimum absolute atomic E-state index is 0.245. The second-order valence-corrected chi connectivity index (χ2v) is 16.6. The van der Waals surface area contributed by atoms with Gasteiger partial charge in [-0.05, 0) is 85.9 Å². The predicted octanol–water partition coefficient (Wildman–Crippen LogP) is 6.96. The monoisotopic (exact) mass is 718 g/mol. The van der Waals surface area contributed by atoms with Crippen LogP contribution in [0.1, 0.15) is 99.1 Å². The van der Waals surface area contributed by atoms with Crippen molar-refractivity contribution in [1.29, 1.82) is 0 Å². The number of ether oxygens (including phenoxy) is 5. The first-order valence-corrected chi connectivity index (χ1v) is 18.3. The third kappa shape index (κ3) is 8.06. The van der Waals surface area contributed by atoms with Gasteiger partial charge in [-0.2, -0.15) is 0 Å². The summed E-state index contributed by atoms with van der Waals surface area (Å²) in [6.45, 7) is 18.0. The fourth-order valence-corrected chi connectivity index (χ4v) is 7.25. The number of hydrogen-bond donors (Lipinski definition) is 0. The maximum Gasteiger partial charge on any atom is 0.416 e. The molecule has 274 valence electrons. The number of nitrogens with zero attached hydrogens (tertiary/aromatic N) is 6. The lowest BCUT2D eigenvalue weighted by Gasteiger charge is -2.27. The van der Waals surface area contributed by atoms with E-state index in [1.54, 1.807) is 31.5 Å². The lowest BCUT2D eigenvalue weighted by molar-refractivity contribution is -0.172. The van der Waals surface area contributed by atoms with Crippen LogP contribution in [0.4, 0.5) is 19.4 Å².